The minimum atomic E-state index is -0.728. The highest BCUT2D eigenvalue weighted by atomic mass is 16.6. The number of benzene rings is 1. The zero-order valence-electron chi connectivity index (χ0n) is 14.7. The highest BCUT2D eigenvalue weighted by Crippen LogP contribution is 2.27. The summed E-state index contributed by atoms with van der Waals surface area (Å²) >= 11 is 0. The van der Waals surface area contributed by atoms with Gasteiger partial charge < -0.3 is 14.2 Å². The number of carbonyl (C=O) groups is 3. The summed E-state index contributed by atoms with van der Waals surface area (Å²) in [6.07, 6.45) is 5.72. The topological polar surface area (TPSA) is 105 Å². The van der Waals surface area contributed by atoms with Crippen LogP contribution in [0.15, 0.2) is 67.3 Å². The zero-order chi connectivity index (χ0) is 19.9. The Morgan fingerprint density at radius 2 is 1.39 bits per heavy atom. The van der Waals surface area contributed by atoms with Crippen LogP contribution in [0.3, 0.4) is 0 Å². The second-order valence-electron chi connectivity index (χ2n) is 5.41. The third-order valence-corrected chi connectivity index (χ3v) is 3.57. The minimum absolute atomic E-state index is 0.000849. The molecule has 0 aliphatic heterocycles. The summed E-state index contributed by atoms with van der Waals surface area (Å²) in [4.78, 5) is 44.1. The summed E-state index contributed by atoms with van der Waals surface area (Å²) < 4.78 is 15.3. The fourth-order valence-electron chi connectivity index (χ4n) is 2.22. The van der Waals surface area contributed by atoms with Crippen LogP contribution in [0.1, 0.15) is 31.1 Å². The second-order valence-corrected chi connectivity index (χ2v) is 5.41. The molecular formula is C20H14N2O6. The van der Waals surface area contributed by atoms with Crippen LogP contribution >= 0.6 is 0 Å². The van der Waals surface area contributed by atoms with Crippen molar-refractivity contribution in [2.45, 2.75) is 0 Å². The molecule has 0 spiro atoms. The van der Waals surface area contributed by atoms with Crippen molar-refractivity contribution in [2.75, 3.05) is 7.11 Å². The van der Waals surface area contributed by atoms with Crippen molar-refractivity contribution in [2.24, 2.45) is 0 Å². The smallest absolute Gasteiger partial charge is 0.345 e. The highest BCUT2D eigenvalue weighted by molar-refractivity contribution is 5.96. The Morgan fingerprint density at radius 1 is 0.786 bits per heavy atom. The van der Waals surface area contributed by atoms with Gasteiger partial charge in [0.2, 0.25) is 0 Å². The van der Waals surface area contributed by atoms with Gasteiger partial charge in [-0.3, -0.25) is 9.97 Å². The predicted octanol–water partition coefficient (Wildman–Crippen LogP) is 2.70. The molecule has 28 heavy (non-hydrogen) atoms. The molecule has 0 aliphatic rings. The van der Waals surface area contributed by atoms with Gasteiger partial charge in [-0.1, -0.05) is 0 Å². The summed E-state index contributed by atoms with van der Waals surface area (Å²) in [5, 5.41) is 0. The van der Waals surface area contributed by atoms with E-state index in [9.17, 15) is 14.4 Å². The van der Waals surface area contributed by atoms with Gasteiger partial charge in [0.1, 0.15) is 17.1 Å². The van der Waals surface area contributed by atoms with Gasteiger partial charge in [0.05, 0.1) is 18.2 Å². The number of pyridine rings is 2. The standard InChI is InChI=1S/C20H14N2O6/c1-26-20(25)16-7-6-15(27-18(23)13-4-2-8-21-11-13)10-17(16)28-19(24)14-5-3-9-22-12-14/h2-12H,1H3. The van der Waals surface area contributed by atoms with E-state index in [1.807, 2.05) is 0 Å². The van der Waals surface area contributed by atoms with Gasteiger partial charge in [0, 0.05) is 30.9 Å². The summed E-state index contributed by atoms with van der Waals surface area (Å²) in [6.45, 7) is 0. The first-order valence-corrected chi connectivity index (χ1v) is 8.05. The van der Waals surface area contributed by atoms with E-state index in [0.29, 0.717) is 0 Å². The van der Waals surface area contributed by atoms with Crippen molar-refractivity contribution < 1.29 is 28.6 Å². The van der Waals surface area contributed by atoms with Crippen molar-refractivity contribution >= 4 is 17.9 Å². The molecule has 3 rings (SSSR count). The highest BCUT2D eigenvalue weighted by Gasteiger charge is 2.19. The van der Waals surface area contributed by atoms with Gasteiger partial charge in [0.15, 0.2) is 0 Å². The number of aromatic nitrogens is 2. The fourth-order valence-corrected chi connectivity index (χ4v) is 2.22. The van der Waals surface area contributed by atoms with Crippen molar-refractivity contribution in [3.63, 3.8) is 0 Å². The number of nitrogens with zero attached hydrogens (tertiary/aromatic N) is 2. The third kappa shape index (κ3) is 4.36. The monoisotopic (exact) mass is 378 g/mol. The van der Waals surface area contributed by atoms with Crippen molar-refractivity contribution in [3.8, 4) is 11.5 Å². The lowest BCUT2D eigenvalue weighted by Crippen LogP contribution is -2.13. The van der Waals surface area contributed by atoms with E-state index in [4.69, 9.17) is 14.2 Å². The summed E-state index contributed by atoms with van der Waals surface area (Å²) in [6, 6.07) is 10.2. The van der Waals surface area contributed by atoms with Crippen molar-refractivity contribution in [1.29, 1.82) is 0 Å². The lowest BCUT2D eigenvalue weighted by molar-refractivity contribution is 0.0593. The van der Waals surface area contributed by atoms with Gasteiger partial charge in [-0.2, -0.15) is 0 Å². The lowest BCUT2D eigenvalue weighted by Gasteiger charge is -2.11. The number of ether oxygens (including phenoxy) is 3. The maximum atomic E-state index is 12.3. The van der Waals surface area contributed by atoms with Gasteiger partial charge in [0.25, 0.3) is 0 Å². The molecule has 8 heteroatoms. The molecule has 0 amide bonds. The molecule has 0 unspecified atom stereocenters. The van der Waals surface area contributed by atoms with Crippen LogP contribution in [0.4, 0.5) is 0 Å². The summed E-state index contributed by atoms with van der Waals surface area (Å²) in [5.74, 6) is -2.12. The Bertz CT molecular complexity index is 1010. The third-order valence-electron chi connectivity index (χ3n) is 3.57. The number of hydrogen-bond donors (Lipinski definition) is 0. The van der Waals surface area contributed by atoms with Crippen molar-refractivity contribution in [3.05, 3.63) is 83.9 Å². The largest absolute Gasteiger partial charge is 0.465 e. The maximum absolute atomic E-state index is 12.3. The number of esters is 3. The van der Waals surface area contributed by atoms with Crippen molar-refractivity contribution in [1.82, 2.24) is 9.97 Å². The Morgan fingerprint density at radius 3 is 1.93 bits per heavy atom. The summed E-state index contributed by atoms with van der Waals surface area (Å²) in [5.41, 5.74) is 0.436. The van der Waals surface area contributed by atoms with E-state index in [-0.39, 0.29) is 28.2 Å². The molecule has 0 radical (unpaired) electrons. The molecule has 0 fully saturated rings. The van der Waals surface area contributed by atoms with Crippen LogP contribution in [-0.4, -0.2) is 35.0 Å². The van der Waals surface area contributed by atoms with E-state index in [0.717, 1.165) is 0 Å². The molecule has 140 valence electrons. The SMILES string of the molecule is COC(=O)c1ccc(OC(=O)c2cccnc2)cc1OC(=O)c1cccnc1. The van der Waals surface area contributed by atoms with Crippen LogP contribution in [-0.2, 0) is 4.74 Å². The Labute approximate surface area is 159 Å². The lowest BCUT2D eigenvalue weighted by atomic mass is 10.2. The molecule has 1 aromatic carbocycles. The first-order valence-electron chi connectivity index (χ1n) is 8.05. The average Bonchev–Trinajstić information content (AvgIpc) is 2.74. The van der Waals surface area contributed by atoms with Crippen LogP contribution in [0, 0.1) is 0 Å². The van der Waals surface area contributed by atoms with Gasteiger partial charge in [-0.15, -0.1) is 0 Å². The molecule has 0 aliphatic carbocycles. The molecule has 3 aromatic rings. The quantitative estimate of drug-likeness (QED) is 0.493. The van der Waals surface area contributed by atoms with E-state index in [1.54, 1.807) is 18.2 Å². The fraction of sp³-hybridized carbons (Fsp3) is 0.0500. The first kappa shape index (κ1) is 18.7. The zero-order valence-corrected chi connectivity index (χ0v) is 14.7. The summed E-state index contributed by atoms with van der Waals surface area (Å²) in [7, 11) is 1.20. The van der Waals surface area contributed by atoms with E-state index >= 15 is 0 Å². The van der Waals surface area contributed by atoms with Gasteiger partial charge in [-0.25, -0.2) is 14.4 Å². The minimum Gasteiger partial charge on any atom is -0.465 e. The molecule has 0 saturated carbocycles. The first-order chi connectivity index (χ1) is 13.6. The Balaban J connectivity index is 1.88. The Kier molecular flexibility index (Phi) is 5.71. The van der Waals surface area contributed by atoms with Crippen LogP contribution in [0.2, 0.25) is 0 Å². The number of rotatable bonds is 5. The maximum Gasteiger partial charge on any atom is 0.345 e. The van der Waals surface area contributed by atoms with Crippen LogP contribution < -0.4 is 9.47 Å². The van der Waals surface area contributed by atoms with E-state index in [2.05, 4.69) is 9.97 Å². The number of methoxy groups -OCH3 is 1. The second kappa shape index (κ2) is 8.54. The normalized spacial score (nSPS) is 10.0. The molecule has 2 aromatic heterocycles. The predicted molar refractivity (Wildman–Crippen MR) is 96.2 cm³/mol. The van der Waals surface area contributed by atoms with Crippen LogP contribution in [0.25, 0.3) is 0 Å². The molecule has 0 N–H and O–H groups in total. The Hall–Kier alpha value is -4.07. The molecule has 0 atom stereocenters. The van der Waals surface area contributed by atoms with Gasteiger partial charge in [-0.05, 0) is 36.4 Å². The molecule has 0 saturated heterocycles. The molecule has 0 bridgehead atoms. The molecule has 2 heterocycles. The molecule has 8 nitrogen and oxygen atoms in total. The van der Waals surface area contributed by atoms with Crippen LogP contribution in [0.5, 0.6) is 11.5 Å². The average molecular weight is 378 g/mol. The van der Waals surface area contributed by atoms with E-state index in [1.165, 1.54) is 56.2 Å². The molecular weight excluding hydrogens is 364 g/mol. The number of hydrogen-bond acceptors (Lipinski definition) is 8. The van der Waals surface area contributed by atoms with E-state index < -0.39 is 17.9 Å². The number of carbonyl (C=O) groups excluding carboxylic acids is 3. The van der Waals surface area contributed by atoms with Gasteiger partial charge >= 0.3 is 17.9 Å².